The van der Waals surface area contributed by atoms with Crippen molar-refractivity contribution in [2.24, 2.45) is 13.0 Å². The molecule has 6 heteroatoms. The summed E-state index contributed by atoms with van der Waals surface area (Å²) in [4.78, 5) is 14.8. The number of amides is 1. The minimum absolute atomic E-state index is 0.0924. The molecule has 1 aliphatic rings. The first-order valence-electron chi connectivity index (χ1n) is 7.52. The molecule has 1 aliphatic heterocycles. The summed E-state index contributed by atoms with van der Waals surface area (Å²) in [6.07, 6.45) is 0. The predicted molar refractivity (Wildman–Crippen MR) is 86.1 cm³/mol. The van der Waals surface area contributed by atoms with E-state index in [1.165, 1.54) is 0 Å². The number of fused-ring (bicyclic) bond motifs is 1. The van der Waals surface area contributed by atoms with E-state index in [0.717, 1.165) is 17.1 Å². The van der Waals surface area contributed by atoms with Crippen LogP contribution < -0.4 is 10.2 Å². The van der Waals surface area contributed by atoms with Crippen LogP contribution in [-0.2, 0) is 7.05 Å². The Morgan fingerprint density at radius 3 is 2.73 bits per heavy atom. The molecule has 0 saturated carbocycles. The summed E-state index contributed by atoms with van der Waals surface area (Å²) in [5.74, 6) is 0.330. The number of carbonyl (C=O) groups is 1. The van der Waals surface area contributed by atoms with Gasteiger partial charge in [-0.2, -0.15) is 0 Å². The zero-order valence-electron chi connectivity index (χ0n) is 13.4. The highest BCUT2D eigenvalue weighted by Crippen LogP contribution is 2.33. The Labute approximate surface area is 130 Å². The molecule has 1 unspecified atom stereocenters. The van der Waals surface area contributed by atoms with Crippen molar-refractivity contribution in [3.05, 3.63) is 35.7 Å². The number of hydrogen-bond donors (Lipinski definition) is 1. The van der Waals surface area contributed by atoms with Gasteiger partial charge in [0.2, 0.25) is 0 Å². The molecule has 1 N–H and O–H groups in total. The molecule has 0 aliphatic carbocycles. The fraction of sp³-hybridized carbons (Fsp3) is 0.438. The van der Waals surface area contributed by atoms with E-state index in [4.69, 9.17) is 0 Å². The topological polar surface area (TPSA) is 63.1 Å². The molecule has 0 bridgehead atoms. The Kier molecular flexibility index (Phi) is 3.60. The zero-order valence-corrected chi connectivity index (χ0v) is 13.4. The summed E-state index contributed by atoms with van der Waals surface area (Å²) < 4.78 is 1.63. The SMILES string of the molecule is Cc1c(C(=O)N2CC(C(C)C)Nc3ccccc32)nnn1C. The van der Waals surface area contributed by atoms with Crippen LogP contribution in [0.25, 0.3) is 0 Å². The molecule has 2 aromatic rings. The van der Waals surface area contributed by atoms with E-state index >= 15 is 0 Å². The lowest BCUT2D eigenvalue weighted by atomic mass is 9.99. The molecule has 0 spiro atoms. The number of para-hydroxylation sites is 2. The second-order valence-corrected chi connectivity index (χ2v) is 6.07. The molecule has 0 saturated heterocycles. The fourth-order valence-corrected chi connectivity index (χ4v) is 2.67. The highest BCUT2D eigenvalue weighted by atomic mass is 16.2. The number of aromatic nitrogens is 3. The molecule has 0 fully saturated rings. The molecule has 1 aromatic heterocycles. The monoisotopic (exact) mass is 299 g/mol. The number of aryl methyl sites for hydroxylation is 1. The minimum atomic E-state index is -0.0924. The molecule has 3 rings (SSSR count). The molecule has 0 radical (unpaired) electrons. The maximum absolute atomic E-state index is 12.9. The number of benzene rings is 1. The van der Waals surface area contributed by atoms with Gasteiger partial charge in [-0.3, -0.25) is 9.48 Å². The lowest BCUT2D eigenvalue weighted by molar-refractivity contribution is 0.0978. The second kappa shape index (κ2) is 5.44. The van der Waals surface area contributed by atoms with Crippen LogP contribution in [0, 0.1) is 12.8 Å². The maximum Gasteiger partial charge on any atom is 0.280 e. The number of rotatable bonds is 2. The van der Waals surface area contributed by atoms with Crippen molar-refractivity contribution >= 4 is 17.3 Å². The zero-order chi connectivity index (χ0) is 15.9. The molecular formula is C16H21N5O. The predicted octanol–water partition coefficient (Wildman–Crippen LogP) is 2.22. The summed E-state index contributed by atoms with van der Waals surface area (Å²) in [5, 5.41) is 11.5. The summed E-state index contributed by atoms with van der Waals surface area (Å²) in [6, 6.07) is 8.11. The highest BCUT2D eigenvalue weighted by Gasteiger charge is 2.32. The van der Waals surface area contributed by atoms with Gasteiger partial charge in [0.15, 0.2) is 5.69 Å². The van der Waals surface area contributed by atoms with E-state index in [9.17, 15) is 4.79 Å². The first kappa shape index (κ1) is 14.6. The molecule has 116 valence electrons. The van der Waals surface area contributed by atoms with Gasteiger partial charge in [-0.25, -0.2) is 0 Å². The molecule has 1 atom stereocenters. The lowest BCUT2D eigenvalue weighted by Crippen LogP contribution is -2.47. The first-order chi connectivity index (χ1) is 10.5. The van der Waals surface area contributed by atoms with Crippen LogP contribution in [-0.4, -0.2) is 33.5 Å². The Bertz CT molecular complexity index is 706. The van der Waals surface area contributed by atoms with Crippen LogP contribution >= 0.6 is 0 Å². The third-order valence-corrected chi connectivity index (χ3v) is 4.27. The lowest BCUT2D eigenvalue weighted by Gasteiger charge is -2.37. The van der Waals surface area contributed by atoms with Gasteiger partial charge < -0.3 is 10.2 Å². The maximum atomic E-state index is 12.9. The van der Waals surface area contributed by atoms with Crippen LogP contribution in [0.1, 0.15) is 30.0 Å². The molecule has 2 heterocycles. The number of nitrogens with zero attached hydrogens (tertiary/aromatic N) is 4. The standard InChI is InChI=1S/C16H21N5O/c1-10(2)13-9-21(14-8-6-5-7-12(14)17-13)16(22)15-11(3)20(4)19-18-15/h5-8,10,13,17H,9H2,1-4H3. The Morgan fingerprint density at radius 1 is 1.36 bits per heavy atom. The summed E-state index contributed by atoms with van der Waals surface area (Å²) in [6.45, 7) is 6.80. The van der Waals surface area contributed by atoms with E-state index in [-0.39, 0.29) is 11.9 Å². The van der Waals surface area contributed by atoms with E-state index < -0.39 is 0 Å². The van der Waals surface area contributed by atoms with E-state index in [1.807, 2.05) is 36.1 Å². The Hall–Kier alpha value is -2.37. The van der Waals surface area contributed by atoms with E-state index in [2.05, 4.69) is 29.5 Å². The Morgan fingerprint density at radius 2 is 2.09 bits per heavy atom. The molecule has 22 heavy (non-hydrogen) atoms. The van der Waals surface area contributed by atoms with Crippen LogP contribution in [0.4, 0.5) is 11.4 Å². The smallest absolute Gasteiger partial charge is 0.280 e. The summed E-state index contributed by atoms with van der Waals surface area (Å²) >= 11 is 0. The quantitative estimate of drug-likeness (QED) is 0.923. The van der Waals surface area contributed by atoms with Gasteiger partial charge in [0.1, 0.15) is 0 Å². The van der Waals surface area contributed by atoms with Crippen LogP contribution in [0.15, 0.2) is 24.3 Å². The van der Waals surface area contributed by atoms with Crippen LogP contribution in [0.3, 0.4) is 0 Å². The number of nitrogens with one attached hydrogen (secondary N) is 1. The Balaban J connectivity index is 2.01. The third kappa shape index (κ3) is 2.34. The van der Waals surface area contributed by atoms with E-state index in [1.54, 1.807) is 11.7 Å². The average Bonchev–Trinajstić information content (AvgIpc) is 2.85. The average molecular weight is 299 g/mol. The molecular weight excluding hydrogens is 278 g/mol. The number of carbonyl (C=O) groups excluding carboxylic acids is 1. The van der Waals surface area contributed by atoms with Gasteiger partial charge in [-0.05, 0) is 25.0 Å². The van der Waals surface area contributed by atoms with Gasteiger partial charge >= 0.3 is 0 Å². The number of hydrogen-bond acceptors (Lipinski definition) is 4. The van der Waals surface area contributed by atoms with Crippen LogP contribution in [0.2, 0.25) is 0 Å². The van der Waals surface area contributed by atoms with Crippen molar-refractivity contribution in [1.29, 1.82) is 0 Å². The van der Waals surface area contributed by atoms with Gasteiger partial charge in [0.05, 0.1) is 17.1 Å². The van der Waals surface area contributed by atoms with Crippen molar-refractivity contribution in [2.45, 2.75) is 26.8 Å². The van der Waals surface area contributed by atoms with Gasteiger partial charge in [-0.1, -0.05) is 31.2 Å². The van der Waals surface area contributed by atoms with Crippen molar-refractivity contribution in [3.63, 3.8) is 0 Å². The van der Waals surface area contributed by atoms with Crippen molar-refractivity contribution in [3.8, 4) is 0 Å². The number of anilines is 2. The first-order valence-corrected chi connectivity index (χ1v) is 7.52. The third-order valence-electron chi connectivity index (χ3n) is 4.27. The fourth-order valence-electron chi connectivity index (χ4n) is 2.67. The molecule has 6 nitrogen and oxygen atoms in total. The second-order valence-electron chi connectivity index (χ2n) is 6.07. The van der Waals surface area contributed by atoms with Crippen molar-refractivity contribution in [1.82, 2.24) is 15.0 Å². The van der Waals surface area contributed by atoms with Crippen molar-refractivity contribution in [2.75, 3.05) is 16.8 Å². The molecule has 1 amide bonds. The molecule has 1 aromatic carbocycles. The van der Waals surface area contributed by atoms with E-state index in [0.29, 0.717) is 18.2 Å². The summed E-state index contributed by atoms with van der Waals surface area (Å²) in [7, 11) is 1.79. The van der Waals surface area contributed by atoms with Crippen LogP contribution in [0.5, 0.6) is 0 Å². The normalized spacial score (nSPS) is 17.3. The van der Waals surface area contributed by atoms with Gasteiger partial charge in [0, 0.05) is 19.6 Å². The van der Waals surface area contributed by atoms with Gasteiger partial charge in [0.25, 0.3) is 5.91 Å². The van der Waals surface area contributed by atoms with Gasteiger partial charge in [-0.15, -0.1) is 5.10 Å². The highest BCUT2D eigenvalue weighted by molar-refractivity contribution is 6.07. The minimum Gasteiger partial charge on any atom is -0.379 e. The van der Waals surface area contributed by atoms with Crippen molar-refractivity contribution < 1.29 is 4.79 Å². The summed E-state index contributed by atoms with van der Waals surface area (Å²) in [5.41, 5.74) is 3.08. The largest absolute Gasteiger partial charge is 0.379 e.